The van der Waals surface area contributed by atoms with Gasteiger partial charge in [-0.25, -0.2) is 4.79 Å². The van der Waals surface area contributed by atoms with Crippen molar-refractivity contribution in [3.8, 4) is 0 Å². The Morgan fingerprint density at radius 2 is 1.55 bits per heavy atom. The molecular formula is C23H29N3O3. The van der Waals surface area contributed by atoms with Crippen LogP contribution in [0.4, 0.5) is 5.69 Å². The summed E-state index contributed by atoms with van der Waals surface area (Å²) in [7, 11) is 3.05. The maximum atomic E-state index is 12.8. The zero-order valence-corrected chi connectivity index (χ0v) is 17.2. The van der Waals surface area contributed by atoms with Gasteiger partial charge >= 0.3 is 5.97 Å². The fraction of sp³-hybridized carbons (Fsp3) is 0.391. The van der Waals surface area contributed by atoms with Crippen molar-refractivity contribution in [2.45, 2.75) is 6.42 Å². The van der Waals surface area contributed by atoms with Gasteiger partial charge in [0, 0.05) is 39.8 Å². The van der Waals surface area contributed by atoms with Crippen LogP contribution in [0, 0.1) is 0 Å². The standard InChI is InChI=1S/C23H29N3O3/c1-24(21-11-7-6-10-20(21)23(28)29-2)22(27)18-26-16-14-25(15-17-26)13-12-19-8-4-3-5-9-19/h3-11H,12-18H2,1-2H3. The number of amides is 1. The van der Waals surface area contributed by atoms with Gasteiger partial charge in [0.2, 0.25) is 5.91 Å². The molecule has 1 aliphatic heterocycles. The first-order chi connectivity index (χ1) is 14.1. The van der Waals surface area contributed by atoms with Crippen LogP contribution in [0.25, 0.3) is 0 Å². The largest absolute Gasteiger partial charge is 0.465 e. The first-order valence-electron chi connectivity index (χ1n) is 10.0. The molecule has 0 bridgehead atoms. The van der Waals surface area contributed by atoms with Gasteiger partial charge in [-0.3, -0.25) is 9.69 Å². The van der Waals surface area contributed by atoms with Crippen LogP contribution in [0.15, 0.2) is 54.6 Å². The van der Waals surface area contributed by atoms with E-state index in [1.54, 1.807) is 30.1 Å². The molecule has 1 saturated heterocycles. The van der Waals surface area contributed by atoms with E-state index in [4.69, 9.17) is 4.74 Å². The third-order valence-electron chi connectivity index (χ3n) is 5.43. The van der Waals surface area contributed by atoms with E-state index in [1.807, 2.05) is 12.1 Å². The molecule has 1 aliphatic rings. The highest BCUT2D eigenvalue weighted by Gasteiger charge is 2.23. The molecule has 0 unspecified atom stereocenters. The normalized spacial score (nSPS) is 15.1. The lowest BCUT2D eigenvalue weighted by atomic mass is 10.1. The van der Waals surface area contributed by atoms with Gasteiger partial charge in [0.15, 0.2) is 0 Å². The minimum Gasteiger partial charge on any atom is -0.465 e. The maximum absolute atomic E-state index is 12.8. The number of piperazine rings is 1. The van der Waals surface area contributed by atoms with E-state index in [2.05, 4.69) is 34.1 Å². The average molecular weight is 396 g/mol. The first-order valence-corrected chi connectivity index (χ1v) is 10.0. The molecule has 154 valence electrons. The van der Waals surface area contributed by atoms with Crippen molar-refractivity contribution in [2.24, 2.45) is 0 Å². The highest BCUT2D eigenvalue weighted by molar-refractivity contribution is 6.02. The Hall–Kier alpha value is -2.70. The number of hydrogen-bond acceptors (Lipinski definition) is 5. The molecule has 0 spiro atoms. The molecule has 3 rings (SSSR count). The Kier molecular flexibility index (Phi) is 7.38. The third kappa shape index (κ3) is 5.65. The Balaban J connectivity index is 1.49. The SMILES string of the molecule is COC(=O)c1ccccc1N(C)C(=O)CN1CCN(CCc2ccccc2)CC1. The number of ether oxygens (including phenoxy) is 1. The summed E-state index contributed by atoms with van der Waals surface area (Å²) in [4.78, 5) is 30.9. The summed E-state index contributed by atoms with van der Waals surface area (Å²) < 4.78 is 4.83. The molecule has 2 aromatic rings. The topological polar surface area (TPSA) is 53.1 Å². The van der Waals surface area contributed by atoms with E-state index < -0.39 is 5.97 Å². The summed E-state index contributed by atoms with van der Waals surface area (Å²) >= 11 is 0. The summed E-state index contributed by atoms with van der Waals surface area (Å²) in [6.07, 6.45) is 1.05. The third-order valence-corrected chi connectivity index (χ3v) is 5.43. The van der Waals surface area contributed by atoms with Gasteiger partial charge in [-0.05, 0) is 24.1 Å². The van der Waals surface area contributed by atoms with Crippen molar-refractivity contribution in [3.05, 3.63) is 65.7 Å². The monoisotopic (exact) mass is 395 g/mol. The fourth-order valence-electron chi connectivity index (χ4n) is 3.58. The number of rotatable bonds is 7. The fourth-order valence-corrected chi connectivity index (χ4v) is 3.58. The second-order valence-corrected chi connectivity index (χ2v) is 7.31. The van der Waals surface area contributed by atoms with Crippen LogP contribution in [0.3, 0.4) is 0 Å². The van der Waals surface area contributed by atoms with Gasteiger partial charge in [-0.15, -0.1) is 0 Å². The number of para-hydroxylation sites is 1. The molecule has 1 fully saturated rings. The number of carbonyl (C=O) groups is 2. The molecule has 0 atom stereocenters. The summed E-state index contributed by atoms with van der Waals surface area (Å²) in [6.45, 7) is 5.04. The summed E-state index contributed by atoms with van der Waals surface area (Å²) in [5.74, 6) is -0.466. The van der Waals surface area contributed by atoms with Crippen molar-refractivity contribution in [1.29, 1.82) is 0 Å². The number of hydrogen-bond donors (Lipinski definition) is 0. The van der Waals surface area contributed by atoms with Gasteiger partial charge in [0.05, 0.1) is 24.9 Å². The Bertz CT molecular complexity index is 817. The van der Waals surface area contributed by atoms with E-state index in [-0.39, 0.29) is 5.91 Å². The minimum atomic E-state index is -0.438. The van der Waals surface area contributed by atoms with Gasteiger partial charge in [-0.2, -0.15) is 0 Å². The summed E-state index contributed by atoms with van der Waals surface area (Å²) in [6, 6.07) is 17.6. The molecule has 0 aromatic heterocycles. The summed E-state index contributed by atoms with van der Waals surface area (Å²) in [5, 5.41) is 0. The Morgan fingerprint density at radius 3 is 2.24 bits per heavy atom. The minimum absolute atomic E-state index is 0.0286. The predicted molar refractivity (Wildman–Crippen MR) is 114 cm³/mol. The number of likely N-dealkylation sites (N-methyl/N-ethyl adjacent to an activating group) is 1. The van der Waals surface area contributed by atoms with Gasteiger partial charge in [-0.1, -0.05) is 42.5 Å². The maximum Gasteiger partial charge on any atom is 0.339 e. The van der Waals surface area contributed by atoms with Crippen molar-refractivity contribution >= 4 is 17.6 Å². The van der Waals surface area contributed by atoms with E-state index in [1.165, 1.54) is 12.7 Å². The molecule has 0 radical (unpaired) electrons. The van der Waals surface area contributed by atoms with Crippen molar-refractivity contribution in [2.75, 3.05) is 58.3 Å². The molecule has 6 nitrogen and oxygen atoms in total. The lowest BCUT2D eigenvalue weighted by molar-refractivity contribution is -0.119. The second-order valence-electron chi connectivity index (χ2n) is 7.31. The zero-order valence-electron chi connectivity index (χ0n) is 17.2. The predicted octanol–water partition coefficient (Wildman–Crippen LogP) is 2.30. The van der Waals surface area contributed by atoms with E-state index in [0.29, 0.717) is 17.8 Å². The van der Waals surface area contributed by atoms with Crippen LogP contribution >= 0.6 is 0 Å². The lowest BCUT2D eigenvalue weighted by Crippen LogP contribution is -2.50. The van der Waals surface area contributed by atoms with Crippen LogP contribution in [-0.4, -0.2) is 75.1 Å². The number of esters is 1. The van der Waals surface area contributed by atoms with Crippen LogP contribution < -0.4 is 4.90 Å². The Morgan fingerprint density at radius 1 is 0.931 bits per heavy atom. The Labute approximate surface area is 172 Å². The van der Waals surface area contributed by atoms with Crippen molar-refractivity contribution in [1.82, 2.24) is 9.80 Å². The number of methoxy groups -OCH3 is 1. The quantitative estimate of drug-likeness (QED) is 0.674. The molecule has 1 heterocycles. The first kappa shape index (κ1) is 21.0. The van der Waals surface area contributed by atoms with Crippen LogP contribution in [0.2, 0.25) is 0 Å². The van der Waals surface area contributed by atoms with Crippen molar-refractivity contribution < 1.29 is 14.3 Å². The molecule has 29 heavy (non-hydrogen) atoms. The van der Waals surface area contributed by atoms with Crippen LogP contribution in [0.1, 0.15) is 15.9 Å². The number of benzene rings is 2. The van der Waals surface area contributed by atoms with Gasteiger partial charge in [0.25, 0.3) is 0 Å². The lowest BCUT2D eigenvalue weighted by Gasteiger charge is -2.35. The van der Waals surface area contributed by atoms with Crippen LogP contribution in [-0.2, 0) is 16.0 Å². The van der Waals surface area contributed by atoms with E-state index in [0.717, 1.165) is 39.1 Å². The molecule has 6 heteroatoms. The number of nitrogens with zero attached hydrogens (tertiary/aromatic N) is 3. The average Bonchev–Trinajstić information content (AvgIpc) is 2.78. The van der Waals surface area contributed by atoms with Crippen molar-refractivity contribution in [3.63, 3.8) is 0 Å². The highest BCUT2D eigenvalue weighted by Crippen LogP contribution is 2.20. The van der Waals surface area contributed by atoms with Gasteiger partial charge in [0.1, 0.15) is 0 Å². The molecule has 0 saturated carbocycles. The van der Waals surface area contributed by atoms with E-state index in [9.17, 15) is 9.59 Å². The number of carbonyl (C=O) groups excluding carboxylic acids is 2. The molecule has 0 aliphatic carbocycles. The zero-order chi connectivity index (χ0) is 20.6. The summed E-state index contributed by atoms with van der Waals surface area (Å²) in [5.41, 5.74) is 2.33. The van der Waals surface area contributed by atoms with Crippen LogP contribution in [0.5, 0.6) is 0 Å². The number of anilines is 1. The highest BCUT2D eigenvalue weighted by atomic mass is 16.5. The second kappa shape index (κ2) is 10.2. The molecule has 1 amide bonds. The molecule has 0 N–H and O–H groups in total. The smallest absolute Gasteiger partial charge is 0.339 e. The molecule has 2 aromatic carbocycles. The molecular weight excluding hydrogens is 366 g/mol. The van der Waals surface area contributed by atoms with E-state index >= 15 is 0 Å². The van der Waals surface area contributed by atoms with Gasteiger partial charge < -0.3 is 14.5 Å².